The summed E-state index contributed by atoms with van der Waals surface area (Å²) >= 11 is 0. The first-order valence-corrected chi connectivity index (χ1v) is 43.4. The number of aliphatic hydroxyl groups is 30. The molecular weight excluding hydrogens is 1860 g/mol. The third-order valence-corrected chi connectivity index (χ3v) is 24.6. The number of rotatable bonds is 39. The van der Waals surface area contributed by atoms with Crippen molar-refractivity contribution in [1.29, 1.82) is 0 Å². The van der Waals surface area contributed by atoms with Gasteiger partial charge in [0, 0.05) is 34.6 Å². The van der Waals surface area contributed by atoms with Crippen LogP contribution in [0.1, 0.15) is 41.5 Å². The lowest BCUT2D eigenvalue weighted by Crippen LogP contribution is -2.70. The molecule has 788 valence electrons. The van der Waals surface area contributed by atoms with Crippen LogP contribution in [0.15, 0.2) is 0 Å². The number of hydrogen-bond donors (Lipinski definition) is 35. The lowest BCUT2D eigenvalue weighted by Gasteiger charge is -2.51. The average molecular weight is 1990 g/mol. The third kappa shape index (κ3) is 26.0. The zero-order valence-electron chi connectivity index (χ0n) is 73.6. The molecule has 0 aromatic heterocycles. The van der Waals surface area contributed by atoms with Crippen LogP contribution in [0.3, 0.4) is 0 Å². The molecule has 54 atom stereocenters. The molecule has 5 amide bonds. The highest BCUT2D eigenvalue weighted by atomic mass is 16.8. The highest BCUT2D eigenvalue weighted by Crippen LogP contribution is 2.41. The molecule has 60 heteroatoms. The molecule has 10 saturated heterocycles. The predicted octanol–water partition coefficient (Wildman–Crippen LogP) is -23.6. The van der Waals surface area contributed by atoms with Gasteiger partial charge in [-0.1, -0.05) is 0 Å². The molecule has 35 N–H and O–H groups in total. The molecule has 0 spiro atoms. The number of ether oxygens (including phenoxy) is 20. The number of hydrogen-bond acceptors (Lipinski definition) is 55. The maximum atomic E-state index is 13.4. The lowest BCUT2D eigenvalue weighted by molar-refractivity contribution is -0.396. The first-order valence-electron chi connectivity index (χ1n) is 43.4. The Morgan fingerprint density at radius 3 is 1.01 bits per heavy atom. The Labute approximate surface area is 771 Å². The van der Waals surface area contributed by atoms with E-state index >= 15 is 0 Å². The molecule has 10 aliphatic heterocycles. The molecule has 10 fully saturated rings. The minimum Gasteiger partial charge on any atom is -0.394 e. The van der Waals surface area contributed by atoms with E-state index in [4.69, 9.17) is 94.7 Å². The van der Waals surface area contributed by atoms with E-state index in [1.807, 2.05) is 0 Å². The van der Waals surface area contributed by atoms with E-state index in [9.17, 15) is 177 Å². The van der Waals surface area contributed by atoms with Crippen molar-refractivity contribution in [3.8, 4) is 0 Å². The maximum Gasteiger partial charge on any atom is 0.217 e. The summed E-state index contributed by atoms with van der Waals surface area (Å²) in [6.07, 6.45) is -105. The van der Waals surface area contributed by atoms with E-state index in [0.29, 0.717) is 0 Å². The Balaban J connectivity index is 1.03. The van der Waals surface area contributed by atoms with Crippen LogP contribution in [-0.4, -0.2) is 587 Å². The molecular formula is C76H129N5O55. The molecule has 136 heavy (non-hydrogen) atoms. The zero-order valence-corrected chi connectivity index (χ0v) is 73.6. The second kappa shape index (κ2) is 50.2. The van der Waals surface area contributed by atoms with Crippen molar-refractivity contribution in [2.75, 3.05) is 72.7 Å². The Bertz CT molecular complexity index is 3710. The smallest absolute Gasteiger partial charge is 0.217 e. The summed E-state index contributed by atoms with van der Waals surface area (Å²) in [4.78, 5) is 64.7. The molecule has 10 aliphatic rings. The van der Waals surface area contributed by atoms with Crippen LogP contribution >= 0.6 is 0 Å². The van der Waals surface area contributed by atoms with Crippen molar-refractivity contribution in [3.63, 3.8) is 0 Å². The largest absolute Gasteiger partial charge is 0.394 e. The second-order valence-electron chi connectivity index (χ2n) is 34.3. The lowest BCUT2D eigenvalue weighted by atomic mass is 9.94. The van der Waals surface area contributed by atoms with Crippen molar-refractivity contribution >= 4 is 29.5 Å². The van der Waals surface area contributed by atoms with Gasteiger partial charge in [0.15, 0.2) is 62.9 Å². The summed E-state index contributed by atoms with van der Waals surface area (Å²) in [5.41, 5.74) is 0. The maximum absolute atomic E-state index is 13.4. The molecule has 10 rings (SSSR count). The monoisotopic (exact) mass is 1990 g/mol. The van der Waals surface area contributed by atoms with E-state index < -0.39 is 433 Å². The summed E-state index contributed by atoms with van der Waals surface area (Å²) in [7, 11) is 0. The molecule has 60 nitrogen and oxygen atoms in total. The Morgan fingerprint density at radius 2 is 0.581 bits per heavy atom. The molecule has 10 heterocycles. The van der Waals surface area contributed by atoms with Gasteiger partial charge in [0.25, 0.3) is 0 Å². The molecule has 0 saturated carbocycles. The molecule has 0 radical (unpaired) electrons. The summed E-state index contributed by atoms with van der Waals surface area (Å²) in [6.45, 7) is -6.85. The highest BCUT2D eigenvalue weighted by molar-refractivity contribution is 5.75. The van der Waals surface area contributed by atoms with Crippen LogP contribution in [0, 0.1) is 0 Å². The van der Waals surface area contributed by atoms with Gasteiger partial charge in [0.2, 0.25) is 29.5 Å². The second-order valence-corrected chi connectivity index (χ2v) is 34.3. The summed E-state index contributed by atoms with van der Waals surface area (Å²) in [5.74, 6) is -4.84. The fourth-order valence-electron chi connectivity index (χ4n) is 17.2. The van der Waals surface area contributed by atoms with Gasteiger partial charge in [-0.2, -0.15) is 0 Å². The van der Waals surface area contributed by atoms with Gasteiger partial charge in [-0.25, -0.2) is 0 Å². The van der Waals surface area contributed by atoms with Crippen molar-refractivity contribution in [2.45, 2.75) is 373 Å². The topological polar surface area (TPSA) is 937 Å². The quantitative estimate of drug-likeness (QED) is 0.0272. The Morgan fingerprint density at radius 1 is 0.272 bits per heavy atom. The SMILES string of the molecule is CC(=O)N[C@H]1[C@H](O[C@@H]([C@H](O)[C@H](CO)NC(C)=O)[C@H](O)CO[C@@H]2O[C@@H](C)[C@@H](O)[C@@H](O)[C@@H]2O)O[C@H](CO)[C@@H](O[C@@H]2O[C@H](CO[C@H]3O[C@H](CO[C@@H]4O[C@H](CO)[C@@H](O[C@@H]5O[C@H](CO)[C@H](O)[C@H](O)[C@H]5O)[C@H](O)[C@H]4NC(C)=O)[C@@H](O)[C@H](O)[C@@H]3O[C@@H]3O[C@H](CO)[C@@H](O[C@@H]4O[C@H](CO)[C@H](O)[C@H](O)[C@H]4O)[C@H](O)[C@H]3NC(C)=O)[C@@H](O)[C@H](O[C@H]3O[C@H](CO)[C@@H](O)[C@H](O)[C@@H]3O[C@@H]3O[C@H](CO)[C@@H](O)[C@H](O)[C@H]3NC(C)=O)[C@@H]2O)[C@@H]1O. The van der Waals surface area contributed by atoms with Gasteiger partial charge in [0.1, 0.15) is 256 Å². The number of nitrogens with one attached hydrogen (secondary N) is 5. The van der Waals surface area contributed by atoms with Gasteiger partial charge in [-0.3, -0.25) is 24.0 Å². The van der Waals surface area contributed by atoms with Crippen LogP contribution in [0.25, 0.3) is 0 Å². The van der Waals surface area contributed by atoms with Gasteiger partial charge in [-0.15, -0.1) is 0 Å². The molecule has 0 aromatic carbocycles. The standard InChI is InChI=1S/C76H129N5O55/c1-18-39(96)51(108)56(113)71(120-18)117-15-25(95)60(40(97)24(7-82)77-19(2)90)130-69-37(80-22(5)93)49(106)63(32(14-89)126-69)133-74-59(116)64(134-76-66(54(111)44(101)29(11-86)124-76)136-68-35(78-20(3)91)47(104)41(98)26(8-83)121-68)46(103)34(128-74)17-119-75-65(135-70-38(81-23(6)94)50(107)62(31(13-88)127-70)132-73-58(115)53(110)43(100)28(10-85)123-73)55(112)45(102)33(129-75)16-118-67-36(79-21(4)92)48(105)61(30(12-87)125-67)131-72-57(114)52(109)42(99)27(9-84)122-72/h18,24-76,82-89,95-116H,7-17H2,1-6H3,(H,77,90)(H,78,91)(H,79,92)(H,80,93)(H,81,94)/t18-,24-,25+,26+,27+,28+,29+,30+,31+,32+,33+,34+,35+,36+,37+,38+,39+,40+,41+,42-,43-,44+,45+,46+,47+,48+,49+,50+,51+,52-,53-,54-,55-,56-,57+,58+,59-,60+,61+,62+,63+,64-,65-,66-,67+,68-,69-,70-,71+,72-,73-,74-,75-,76+/m0/s1. The summed E-state index contributed by atoms with van der Waals surface area (Å²) in [5, 5.41) is 349. The molecule has 0 bridgehead atoms. The fraction of sp³-hybridized carbons (Fsp3) is 0.934. The summed E-state index contributed by atoms with van der Waals surface area (Å²) < 4.78 is 119. The van der Waals surface area contributed by atoms with Crippen LogP contribution in [0.2, 0.25) is 0 Å². The van der Waals surface area contributed by atoms with Crippen molar-refractivity contribution < 1.29 is 272 Å². The van der Waals surface area contributed by atoms with Gasteiger partial charge in [-0.05, 0) is 6.92 Å². The number of carbonyl (C=O) groups excluding carboxylic acids is 5. The zero-order chi connectivity index (χ0) is 101. The van der Waals surface area contributed by atoms with Crippen LogP contribution in [0.5, 0.6) is 0 Å². The van der Waals surface area contributed by atoms with Crippen molar-refractivity contribution in [3.05, 3.63) is 0 Å². The van der Waals surface area contributed by atoms with E-state index in [0.717, 1.165) is 34.6 Å². The summed E-state index contributed by atoms with van der Waals surface area (Å²) in [6, 6.07) is -9.72. The molecule has 0 aromatic rings. The number of aliphatic hydroxyl groups excluding tert-OH is 30. The predicted molar refractivity (Wildman–Crippen MR) is 421 cm³/mol. The average Bonchev–Trinajstić information content (AvgIpc) is 0.772. The van der Waals surface area contributed by atoms with E-state index in [2.05, 4.69) is 26.6 Å². The van der Waals surface area contributed by atoms with Crippen LogP contribution in [0.4, 0.5) is 0 Å². The normalized spacial score (nSPS) is 46.7. The van der Waals surface area contributed by atoms with Gasteiger partial charge < -0.3 is 275 Å². The fourth-order valence-corrected chi connectivity index (χ4v) is 17.2. The van der Waals surface area contributed by atoms with E-state index in [-0.39, 0.29) is 0 Å². The highest BCUT2D eigenvalue weighted by Gasteiger charge is 2.62. The molecule has 0 unspecified atom stereocenters. The van der Waals surface area contributed by atoms with Crippen LogP contribution in [-0.2, 0) is 119 Å². The van der Waals surface area contributed by atoms with Gasteiger partial charge in [0.05, 0.1) is 84.8 Å². The Kier molecular flexibility index (Phi) is 41.9. The van der Waals surface area contributed by atoms with Crippen molar-refractivity contribution in [1.82, 2.24) is 26.6 Å². The number of amides is 5. The van der Waals surface area contributed by atoms with Gasteiger partial charge >= 0.3 is 0 Å². The first kappa shape index (κ1) is 113. The van der Waals surface area contributed by atoms with Crippen molar-refractivity contribution in [2.24, 2.45) is 0 Å². The van der Waals surface area contributed by atoms with Crippen LogP contribution < -0.4 is 26.6 Å². The van der Waals surface area contributed by atoms with E-state index in [1.165, 1.54) is 6.92 Å². The Hall–Kier alpha value is -4.65. The number of carbonyl (C=O) groups is 5. The third-order valence-electron chi connectivity index (χ3n) is 24.6. The minimum atomic E-state index is -2.70. The first-order chi connectivity index (χ1) is 64.2. The minimum absolute atomic E-state index is 0.868. The molecule has 0 aliphatic carbocycles. The van der Waals surface area contributed by atoms with E-state index in [1.54, 1.807) is 0 Å².